The van der Waals surface area contributed by atoms with Gasteiger partial charge in [0.1, 0.15) is 0 Å². The first-order valence-electron chi connectivity index (χ1n) is 7.83. The molecule has 0 amide bonds. The topological polar surface area (TPSA) is 21.3 Å². The van der Waals surface area contributed by atoms with Crippen LogP contribution in [0.4, 0.5) is 10.1 Å². The lowest BCUT2D eigenvalue weighted by Gasteiger charge is -2.54. The van der Waals surface area contributed by atoms with Gasteiger partial charge in [0.2, 0.25) is 0 Å². The van der Waals surface area contributed by atoms with Crippen molar-refractivity contribution in [1.29, 1.82) is 0 Å². The van der Waals surface area contributed by atoms with Gasteiger partial charge in [0.05, 0.1) is 7.11 Å². The van der Waals surface area contributed by atoms with Gasteiger partial charge >= 0.3 is 0 Å². The molecule has 1 N–H and O–H groups in total. The first kappa shape index (κ1) is 12.5. The highest BCUT2D eigenvalue weighted by molar-refractivity contribution is 5.48. The number of benzene rings is 1. The zero-order valence-corrected chi connectivity index (χ0v) is 11.9. The fourth-order valence-corrected chi connectivity index (χ4v) is 5.11. The summed E-state index contributed by atoms with van der Waals surface area (Å²) in [5.41, 5.74) is 0.903. The highest BCUT2D eigenvalue weighted by Gasteiger charge is 2.48. The third-order valence-corrected chi connectivity index (χ3v) is 5.71. The predicted molar refractivity (Wildman–Crippen MR) is 77.4 cm³/mol. The summed E-state index contributed by atoms with van der Waals surface area (Å²) in [6.07, 6.45) is 6.98. The van der Waals surface area contributed by atoms with Crippen molar-refractivity contribution < 1.29 is 9.13 Å². The summed E-state index contributed by atoms with van der Waals surface area (Å²) in [6, 6.07) is 5.78. The van der Waals surface area contributed by atoms with Crippen molar-refractivity contribution in [2.75, 3.05) is 12.4 Å². The van der Waals surface area contributed by atoms with E-state index >= 15 is 0 Å². The van der Waals surface area contributed by atoms with E-state index in [2.05, 4.69) is 5.32 Å². The van der Waals surface area contributed by atoms with Gasteiger partial charge < -0.3 is 10.1 Å². The van der Waals surface area contributed by atoms with Crippen LogP contribution in [-0.4, -0.2) is 13.2 Å². The third-order valence-electron chi connectivity index (χ3n) is 5.71. The summed E-state index contributed by atoms with van der Waals surface area (Å²) >= 11 is 0. The van der Waals surface area contributed by atoms with Crippen LogP contribution in [0.1, 0.15) is 32.1 Å². The van der Waals surface area contributed by atoms with Gasteiger partial charge in [-0.05, 0) is 67.9 Å². The van der Waals surface area contributed by atoms with Gasteiger partial charge in [-0.2, -0.15) is 0 Å². The van der Waals surface area contributed by atoms with Crippen LogP contribution >= 0.6 is 0 Å². The number of hydrogen-bond acceptors (Lipinski definition) is 2. The Hall–Kier alpha value is -1.25. The monoisotopic (exact) mass is 275 g/mol. The molecule has 4 aliphatic carbocycles. The van der Waals surface area contributed by atoms with Crippen molar-refractivity contribution in [3.05, 3.63) is 24.0 Å². The molecule has 0 aliphatic heterocycles. The molecule has 20 heavy (non-hydrogen) atoms. The van der Waals surface area contributed by atoms with E-state index in [0.29, 0.717) is 11.8 Å². The minimum atomic E-state index is -0.277. The zero-order chi connectivity index (χ0) is 13.7. The average Bonchev–Trinajstić information content (AvgIpc) is 2.42. The smallest absolute Gasteiger partial charge is 0.167 e. The van der Waals surface area contributed by atoms with Crippen molar-refractivity contribution in [2.45, 2.75) is 38.1 Å². The maximum atomic E-state index is 13.8. The molecular formula is C17H22FNO. The summed E-state index contributed by atoms with van der Waals surface area (Å²) in [4.78, 5) is 0. The molecule has 5 rings (SSSR count). The van der Waals surface area contributed by atoms with Gasteiger partial charge in [-0.15, -0.1) is 0 Å². The highest BCUT2D eigenvalue weighted by atomic mass is 19.1. The number of hydrogen-bond donors (Lipinski definition) is 1. The molecule has 0 spiro atoms. The third kappa shape index (κ3) is 1.99. The van der Waals surface area contributed by atoms with Crippen LogP contribution in [0.15, 0.2) is 18.2 Å². The van der Waals surface area contributed by atoms with Crippen molar-refractivity contribution in [3.63, 3.8) is 0 Å². The quantitative estimate of drug-likeness (QED) is 0.897. The Morgan fingerprint density at radius 3 is 2.25 bits per heavy atom. The summed E-state index contributed by atoms with van der Waals surface area (Å²) in [5.74, 6) is 3.60. The lowest BCUT2D eigenvalue weighted by Crippen LogP contribution is -2.51. The Labute approximate surface area is 119 Å². The fraction of sp³-hybridized carbons (Fsp3) is 0.647. The molecule has 0 atom stereocenters. The second kappa shape index (κ2) is 4.64. The van der Waals surface area contributed by atoms with E-state index in [1.54, 1.807) is 12.1 Å². The second-order valence-electron chi connectivity index (χ2n) is 6.95. The Kier molecular flexibility index (Phi) is 2.90. The van der Waals surface area contributed by atoms with Crippen LogP contribution in [0.25, 0.3) is 0 Å². The fourth-order valence-electron chi connectivity index (χ4n) is 5.11. The normalized spacial score (nSPS) is 38.0. The van der Waals surface area contributed by atoms with Crippen LogP contribution < -0.4 is 10.1 Å². The Bertz CT molecular complexity index is 488. The minimum Gasteiger partial charge on any atom is -0.494 e. The van der Waals surface area contributed by atoms with Crippen LogP contribution in [0.2, 0.25) is 0 Å². The molecule has 4 fully saturated rings. The number of methoxy groups -OCH3 is 1. The van der Waals surface area contributed by atoms with Crippen molar-refractivity contribution in [2.24, 2.45) is 23.7 Å². The van der Waals surface area contributed by atoms with Gasteiger partial charge in [0.15, 0.2) is 11.6 Å². The molecule has 0 heterocycles. The van der Waals surface area contributed by atoms with Gasteiger partial charge in [-0.25, -0.2) is 4.39 Å². The van der Waals surface area contributed by atoms with E-state index in [1.165, 1.54) is 39.2 Å². The zero-order valence-electron chi connectivity index (χ0n) is 11.9. The van der Waals surface area contributed by atoms with E-state index in [-0.39, 0.29) is 5.82 Å². The number of halogens is 1. The van der Waals surface area contributed by atoms with Crippen LogP contribution in [0, 0.1) is 29.5 Å². The number of ether oxygens (including phenoxy) is 1. The molecule has 1 aromatic rings. The largest absolute Gasteiger partial charge is 0.494 e. The molecule has 0 saturated heterocycles. The van der Waals surface area contributed by atoms with Gasteiger partial charge in [0.25, 0.3) is 0 Å². The molecule has 0 aromatic heterocycles. The maximum absolute atomic E-state index is 13.8. The number of rotatable bonds is 3. The van der Waals surface area contributed by atoms with E-state index in [1.807, 2.05) is 6.07 Å². The SMILES string of the molecule is COc1ccc(NC2C3CC4CC(C3)CC2C4)cc1F. The van der Waals surface area contributed by atoms with Gasteiger partial charge in [-0.3, -0.25) is 0 Å². The molecule has 4 saturated carbocycles. The summed E-state index contributed by atoms with van der Waals surface area (Å²) in [6.45, 7) is 0. The van der Waals surface area contributed by atoms with Crippen LogP contribution in [0.5, 0.6) is 5.75 Å². The molecule has 0 unspecified atom stereocenters. The van der Waals surface area contributed by atoms with Crippen molar-refractivity contribution in [3.8, 4) is 5.75 Å². The van der Waals surface area contributed by atoms with E-state index < -0.39 is 0 Å². The van der Waals surface area contributed by atoms with Crippen LogP contribution in [-0.2, 0) is 0 Å². The van der Waals surface area contributed by atoms with Gasteiger partial charge in [0, 0.05) is 17.8 Å². The Morgan fingerprint density at radius 2 is 1.70 bits per heavy atom. The summed E-state index contributed by atoms with van der Waals surface area (Å²) in [7, 11) is 1.50. The maximum Gasteiger partial charge on any atom is 0.167 e. The molecule has 0 radical (unpaired) electrons. The molecule has 3 heteroatoms. The molecule has 4 bridgehead atoms. The summed E-state index contributed by atoms with van der Waals surface area (Å²) < 4.78 is 18.8. The Balaban J connectivity index is 1.53. The first-order valence-corrected chi connectivity index (χ1v) is 7.83. The average molecular weight is 275 g/mol. The lowest BCUT2D eigenvalue weighted by atomic mass is 9.54. The second-order valence-corrected chi connectivity index (χ2v) is 6.95. The minimum absolute atomic E-state index is 0.277. The van der Waals surface area contributed by atoms with E-state index in [4.69, 9.17) is 4.74 Å². The molecule has 1 aromatic carbocycles. The van der Waals surface area contributed by atoms with Crippen molar-refractivity contribution in [1.82, 2.24) is 0 Å². The highest BCUT2D eigenvalue weighted by Crippen LogP contribution is 2.54. The standard InChI is InChI=1S/C17H22FNO/c1-20-16-3-2-14(9-15(16)18)19-17-12-5-10-4-11(7-12)8-13(17)6-10/h2-3,9-13,17,19H,4-8H2,1H3. The molecular weight excluding hydrogens is 253 g/mol. The van der Waals surface area contributed by atoms with E-state index in [0.717, 1.165) is 29.4 Å². The first-order chi connectivity index (χ1) is 9.72. The predicted octanol–water partition coefficient (Wildman–Crippen LogP) is 4.07. The molecule has 4 aliphatic rings. The molecule has 108 valence electrons. The lowest BCUT2D eigenvalue weighted by molar-refractivity contribution is 0.00753. The number of anilines is 1. The number of nitrogens with one attached hydrogen (secondary N) is 1. The molecule has 2 nitrogen and oxygen atoms in total. The van der Waals surface area contributed by atoms with Gasteiger partial charge in [-0.1, -0.05) is 0 Å². The Morgan fingerprint density at radius 1 is 1.05 bits per heavy atom. The summed E-state index contributed by atoms with van der Waals surface area (Å²) in [5, 5.41) is 3.62. The van der Waals surface area contributed by atoms with Crippen molar-refractivity contribution >= 4 is 5.69 Å². The van der Waals surface area contributed by atoms with E-state index in [9.17, 15) is 4.39 Å². The van der Waals surface area contributed by atoms with Crippen LogP contribution in [0.3, 0.4) is 0 Å².